The minimum Gasteiger partial charge on any atom is -0.345 e. The molecule has 0 bridgehead atoms. The Morgan fingerprint density at radius 1 is 1.21 bits per heavy atom. The number of aromatic nitrogens is 1. The first-order valence-corrected chi connectivity index (χ1v) is 10.5. The van der Waals surface area contributed by atoms with Gasteiger partial charge in [0.1, 0.15) is 12.0 Å². The third-order valence-corrected chi connectivity index (χ3v) is 7.54. The maximum Gasteiger partial charge on any atom is 0.270 e. The van der Waals surface area contributed by atoms with Crippen LogP contribution in [-0.2, 0) is 9.84 Å². The number of benzene rings is 1. The van der Waals surface area contributed by atoms with Crippen molar-refractivity contribution in [3.8, 4) is 0 Å². The predicted molar refractivity (Wildman–Crippen MR) is 105 cm³/mol. The first-order chi connectivity index (χ1) is 13.3. The molecule has 1 fully saturated rings. The zero-order valence-electron chi connectivity index (χ0n) is 15.8. The van der Waals surface area contributed by atoms with Gasteiger partial charge in [-0.25, -0.2) is 8.42 Å². The van der Waals surface area contributed by atoms with Crippen molar-refractivity contribution in [2.75, 3.05) is 13.1 Å². The molecule has 2 aromatic rings. The number of carbonyl (C=O) groups is 2. The van der Waals surface area contributed by atoms with Gasteiger partial charge in [-0.3, -0.25) is 14.6 Å². The van der Waals surface area contributed by atoms with Crippen molar-refractivity contribution < 1.29 is 18.0 Å². The molecule has 0 radical (unpaired) electrons. The van der Waals surface area contributed by atoms with Gasteiger partial charge < -0.3 is 10.6 Å². The fraction of sp³-hybridized carbons (Fsp3) is 0.350. The summed E-state index contributed by atoms with van der Waals surface area (Å²) in [5, 5.41) is 5.21. The summed E-state index contributed by atoms with van der Waals surface area (Å²) in [6.07, 6.45) is 2.18. The van der Waals surface area contributed by atoms with Gasteiger partial charge in [-0.1, -0.05) is 32.0 Å². The SMILES string of the molecule is CC1(C)CNCC(NC(=O)c2ccccn2)C1S(=O)(=O)c1ccc(C=O)cc1. The maximum absolute atomic E-state index is 13.4. The number of sulfone groups is 1. The minimum absolute atomic E-state index is 0.134. The molecule has 0 spiro atoms. The third kappa shape index (κ3) is 3.98. The van der Waals surface area contributed by atoms with Gasteiger partial charge in [0, 0.05) is 24.8 Å². The lowest BCUT2D eigenvalue weighted by atomic mass is 9.82. The number of hydrogen-bond acceptors (Lipinski definition) is 6. The quantitative estimate of drug-likeness (QED) is 0.735. The van der Waals surface area contributed by atoms with E-state index in [0.29, 0.717) is 24.9 Å². The van der Waals surface area contributed by atoms with Crippen molar-refractivity contribution in [1.82, 2.24) is 15.6 Å². The summed E-state index contributed by atoms with van der Waals surface area (Å²) in [6.45, 7) is 4.56. The molecule has 2 heterocycles. The Hall–Kier alpha value is -2.58. The maximum atomic E-state index is 13.4. The Kier molecular flexibility index (Phi) is 5.62. The number of nitrogens with zero attached hydrogens (tertiary/aromatic N) is 1. The van der Waals surface area contributed by atoms with Crippen molar-refractivity contribution in [3.63, 3.8) is 0 Å². The van der Waals surface area contributed by atoms with Gasteiger partial charge in [-0.05, 0) is 29.7 Å². The number of pyridine rings is 1. The molecule has 1 aromatic carbocycles. The third-order valence-electron chi connectivity index (χ3n) is 4.97. The van der Waals surface area contributed by atoms with Crippen LogP contribution >= 0.6 is 0 Å². The van der Waals surface area contributed by atoms with E-state index in [-0.39, 0.29) is 10.6 Å². The van der Waals surface area contributed by atoms with Crippen LogP contribution in [0, 0.1) is 5.41 Å². The van der Waals surface area contributed by atoms with Crippen molar-refractivity contribution in [3.05, 3.63) is 59.9 Å². The zero-order valence-corrected chi connectivity index (χ0v) is 16.6. The molecule has 28 heavy (non-hydrogen) atoms. The van der Waals surface area contributed by atoms with E-state index < -0.39 is 32.5 Å². The summed E-state index contributed by atoms with van der Waals surface area (Å²) in [6, 6.07) is 10.2. The van der Waals surface area contributed by atoms with E-state index in [9.17, 15) is 18.0 Å². The number of hydrogen-bond donors (Lipinski definition) is 2. The van der Waals surface area contributed by atoms with Gasteiger partial charge in [-0.15, -0.1) is 0 Å². The van der Waals surface area contributed by atoms with Crippen LogP contribution in [0.1, 0.15) is 34.7 Å². The highest BCUT2D eigenvalue weighted by Crippen LogP contribution is 2.35. The van der Waals surface area contributed by atoms with Gasteiger partial charge in [0.15, 0.2) is 9.84 Å². The van der Waals surface area contributed by atoms with Crippen molar-refractivity contribution in [1.29, 1.82) is 0 Å². The molecule has 1 aliphatic heterocycles. The molecule has 1 amide bonds. The fourth-order valence-electron chi connectivity index (χ4n) is 3.69. The highest BCUT2D eigenvalue weighted by Gasteiger charge is 2.48. The van der Waals surface area contributed by atoms with E-state index >= 15 is 0 Å². The Morgan fingerprint density at radius 2 is 1.93 bits per heavy atom. The molecule has 1 aromatic heterocycles. The topological polar surface area (TPSA) is 105 Å². The standard InChI is InChI=1S/C20H23N3O4S/c1-20(2)13-21-11-17(23-19(25)16-5-3-4-10-22-16)18(20)28(26,27)15-8-6-14(12-24)7-9-15/h3-10,12,17-18,21H,11,13H2,1-2H3,(H,23,25). The van der Waals surface area contributed by atoms with Crippen LogP contribution in [0.2, 0.25) is 0 Å². The fourth-order valence-corrected chi connectivity index (χ4v) is 6.02. The smallest absolute Gasteiger partial charge is 0.270 e. The molecule has 1 saturated heterocycles. The molecule has 8 heteroatoms. The zero-order chi connectivity index (χ0) is 20.4. The van der Waals surface area contributed by atoms with Crippen molar-refractivity contribution >= 4 is 22.0 Å². The molecular formula is C20H23N3O4S. The Labute approximate surface area is 164 Å². The molecule has 0 aliphatic carbocycles. The number of piperidine rings is 1. The van der Waals surface area contributed by atoms with Crippen molar-refractivity contribution in [2.45, 2.75) is 30.0 Å². The van der Waals surface area contributed by atoms with Gasteiger partial charge in [0.25, 0.3) is 5.91 Å². The molecule has 2 atom stereocenters. The predicted octanol–water partition coefficient (Wildman–Crippen LogP) is 1.46. The summed E-state index contributed by atoms with van der Waals surface area (Å²) >= 11 is 0. The van der Waals surface area contributed by atoms with E-state index in [0.717, 1.165) is 0 Å². The van der Waals surface area contributed by atoms with E-state index in [1.54, 1.807) is 18.2 Å². The largest absolute Gasteiger partial charge is 0.345 e. The number of amides is 1. The first kappa shape index (κ1) is 20.2. The second-order valence-corrected chi connectivity index (χ2v) is 9.64. The Bertz CT molecular complexity index is 957. The van der Waals surface area contributed by atoms with E-state index in [1.807, 2.05) is 13.8 Å². The number of aldehydes is 1. The molecule has 2 N–H and O–H groups in total. The monoisotopic (exact) mass is 401 g/mol. The second kappa shape index (κ2) is 7.81. The summed E-state index contributed by atoms with van der Waals surface area (Å²) in [5.74, 6) is -0.415. The summed E-state index contributed by atoms with van der Waals surface area (Å²) < 4.78 is 26.9. The van der Waals surface area contributed by atoms with Crippen LogP contribution in [0.5, 0.6) is 0 Å². The normalized spacial score (nSPS) is 21.6. The second-order valence-electron chi connectivity index (χ2n) is 7.57. The number of rotatable bonds is 5. The van der Waals surface area contributed by atoms with E-state index in [1.165, 1.54) is 30.5 Å². The van der Waals surface area contributed by atoms with Gasteiger partial charge >= 0.3 is 0 Å². The van der Waals surface area contributed by atoms with Crippen molar-refractivity contribution in [2.24, 2.45) is 5.41 Å². The molecular weight excluding hydrogens is 378 g/mol. The highest BCUT2D eigenvalue weighted by atomic mass is 32.2. The van der Waals surface area contributed by atoms with Crippen LogP contribution in [0.15, 0.2) is 53.6 Å². The van der Waals surface area contributed by atoms with Crippen LogP contribution in [0.25, 0.3) is 0 Å². The molecule has 7 nitrogen and oxygen atoms in total. The summed E-state index contributed by atoms with van der Waals surface area (Å²) in [4.78, 5) is 27.6. The molecule has 3 rings (SSSR count). The Balaban J connectivity index is 1.95. The van der Waals surface area contributed by atoms with Crippen LogP contribution in [0.3, 0.4) is 0 Å². The highest BCUT2D eigenvalue weighted by molar-refractivity contribution is 7.92. The average Bonchev–Trinajstić information content (AvgIpc) is 2.67. The van der Waals surface area contributed by atoms with Crippen LogP contribution in [-0.4, -0.2) is 50.0 Å². The molecule has 0 saturated carbocycles. The first-order valence-electron chi connectivity index (χ1n) is 8.97. The van der Waals surface area contributed by atoms with E-state index in [4.69, 9.17) is 0 Å². The summed E-state index contributed by atoms with van der Waals surface area (Å²) in [5.41, 5.74) is 0.0172. The van der Waals surface area contributed by atoms with E-state index in [2.05, 4.69) is 15.6 Å². The lowest BCUT2D eigenvalue weighted by Crippen LogP contribution is -2.63. The average molecular weight is 401 g/mol. The van der Waals surface area contributed by atoms with Gasteiger partial charge in [0.05, 0.1) is 16.2 Å². The molecule has 148 valence electrons. The van der Waals surface area contributed by atoms with Crippen LogP contribution < -0.4 is 10.6 Å². The number of nitrogens with one attached hydrogen (secondary N) is 2. The number of carbonyl (C=O) groups excluding carboxylic acids is 2. The summed E-state index contributed by atoms with van der Waals surface area (Å²) in [7, 11) is -3.76. The lowest BCUT2D eigenvalue weighted by molar-refractivity contribution is 0.0908. The van der Waals surface area contributed by atoms with Gasteiger partial charge in [0.2, 0.25) is 0 Å². The molecule has 2 unspecified atom stereocenters. The Morgan fingerprint density at radius 3 is 2.54 bits per heavy atom. The lowest BCUT2D eigenvalue weighted by Gasteiger charge is -2.43. The minimum atomic E-state index is -3.76. The van der Waals surface area contributed by atoms with Gasteiger partial charge in [-0.2, -0.15) is 0 Å². The van der Waals surface area contributed by atoms with Crippen LogP contribution in [0.4, 0.5) is 0 Å². The molecule has 1 aliphatic rings.